The summed E-state index contributed by atoms with van der Waals surface area (Å²) in [5.41, 5.74) is 1.68. The standard InChI is InChI=1S/C10H9BrO2S/c1-6-2-7(3-13-6)10(12)8-4-14-5-9(8)11/h2-5,10,12H,1H3. The number of aliphatic hydroxyl groups is 1. The number of rotatable bonds is 2. The first-order chi connectivity index (χ1) is 6.68. The van der Waals surface area contributed by atoms with Crippen molar-refractivity contribution in [3.63, 3.8) is 0 Å². The molecule has 2 nitrogen and oxygen atoms in total. The minimum atomic E-state index is -0.604. The van der Waals surface area contributed by atoms with Gasteiger partial charge in [0.15, 0.2) is 0 Å². The van der Waals surface area contributed by atoms with E-state index in [0.717, 1.165) is 21.4 Å². The first-order valence-electron chi connectivity index (χ1n) is 4.13. The first-order valence-corrected chi connectivity index (χ1v) is 5.86. The summed E-state index contributed by atoms with van der Waals surface area (Å²) in [7, 11) is 0. The highest BCUT2D eigenvalue weighted by molar-refractivity contribution is 9.10. The van der Waals surface area contributed by atoms with Crippen molar-refractivity contribution >= 4 is 27.3 Å². The van der Waals surface area contributed by atoms with Crippen molar-refractivity contribution in [3.05, 3.63) is 44.4 Å². The normalized spacial score (nSPS) is 13.1. The van der Waals surface area contributed by atoms with E-state index in [4.69, 9.17) is 4.42 Å². The smallest absolute Gasteiger partial charge is 0.109 e. The summed E-state index contributed by atoms with van der Waals surface area (Å²) >= 11 is 4.95. The van der Waals surface area contributed by atoms with E-state index in [2.05, 4.69) is 15.9 Å². The molecular weight excluding hydrogens is 264 g/mol. The quantitative estimate of drug-likeness (QED) is 0.908. The zero-order chi connectivity index (χ0) is 10.1. The molecule has 0 aliphatic heterocycles. The van der Waals surface area contributed by atoms with Crippen LogP contribution in [0.2, 0.25) is 0 Å². The largest absolute Gasteiger partial charge is 0.469 e. The lowest BCUT2D eigenvalue weighted by Gasteiger charge is -2.06. The Bertz CT molecular complexity index is 433. The molecule has 74 valence electrons. The van der Waals surface area contributed by atoms with Crippen LogP contribution in [0.25, 0.3) is 0 Å². The Balaban J connectivity index is 2.33. The Morgan fingerprint density at radius 3 is 2.79 bits per heavy atom. The summed E-state index contributed by atoms with van der Waals surface area (Å²) in [5.74, 6) is 0.811. The number of hydrogen-bond acceptors (Lipinski definition) is 3. The molecule has 0 amide bonds. The Kier molecular flexibility index (Phi) is 2.76. The van der Waals surface area contributed by atoms with Crippen LogP contribution in [-0.2, 0) is 0 Å². The summed E-state index contributed by atoms with van der Waals surface area (Å²) in [5, 5.41) is 13.9. The van der Waals surface area contributed by atoms with Crippen molar-refractivity contribution in [3.8, 4) is 0 Å². The second-order valence-corrected chi connectivity index (χ2v) is 4.67. The first kappa shape index (κ1) is 9.96. The van der Waals surface area contributed by atoms with Crippen LogP contribution in [0, 0.1) is 6.92 Å². The molecule has 0 aliphatic rings. The summed E-state index contributed by atoms with van der Waals surface area (Å²) in [6.45, 7) is 1.86. The monoisotopic (exact) mass is 272 g/mol. The highest BCUT2D eigenvalue weighted by Crippen LogP contribution is 2.31. The summed E-state index contributed by atoms with van der Waals surface area (Å²) < 4.78 is 6.09. The minimum absolute atomic E-state index is 0.604. The lowest BCUT2D eigenvalue weighted by atomic mass is 10.1. The Morgan fingerprint density at radius 2 is 2.29 bits per heavy atom. The van der Waals surface area contributed by atoms with Gasteiger partial charge in [-0.25, -0.2) is 0 Å². The van der Waals surface area contributed by atoms with Crippen LogP contribution in [0.15, 0.2) is 32.0 Å². The fraction of sp³-hybridized carbons (Fsp3) is 0.200. The molecule has 2 aromatic heterocycles. The van der Waals surface area contributed by atoms with Gasteiger partial charge in [-0.2, -0.15) is 11.3 Å². The van der Waals surface area contributed by atoms with Gasteiger partial charge in [-0.05, 0) is 34.3 Å². The van der Waals surface area contributed by atoms with Crippen LogP contribution in [0.3, 0.4) is 0 Å². The summed E-state index contributed by atoms with van der Waals surface area (Å²) in [4.78, 5) is 0. The average Bonchev–Trinajstić information content (AvgIpc) is 2.73. The van der Waals surface area contributed by atoms with Crippen molar-refractivity contribution in [2.45, 2.75) is 13.0 Å². The summed E-state index contributed by atoms with van der Waals surface area (Å²) in [6, 6.07) is 1.84. The highest BCUT2D eigenvalue weighted by atomic mass is 79.9. The van der Waals surface area contributed by atoms with E-state index in [1.165, 1.54) is 0 Å². The SMILES string of the molecule is Cc1cc(C(O)c2cscc2Br)co1. The van der Waals surface area contributed by atoms with E-state index in [9.17, 15) is 5.11 Å². The van der Waals surface area contributed by atoms with Crippen molar-refractivity contribution < 1.29 is 9.52 Å². The molecule has 0 saturated heterocycles. The lowest BCUT2D eigenvalue weighted by molar-refractivity contribution is 0.219. The maximum absolute atomic E-state index is 9.99. The van der Waals surface area contributed by atoms with Gasteiger partial charge >= 0.3 is 0 Å². The maximum atomic E-state index is 9.99. The van der Waals surface area contributed by atoms with E-state index in [1.54, 1.807) is 17.6 Å². The van der Waals surface area contributed by atoms with Crippen LogP contribution in [-0.4, -0.2) is 5.11 Å². The van der Waals surface area contributed by atoms with Crippen LogP contribution in [0.1, 0.15) is 23.0 Å². The van der Waals surface area contributed by atoms with E-state index >= 15 is 0 Å². The number of thiophene rings is 1. The van der Waals surface area contributed by atoms with Crippen molar-refractivity contribution in [1.82, 2.24) is 0 Å². The third-order valence-corrected chi connectivity index (χ3v) is 3.76. The van der Waals surface area contributed by atoms with Crippen LogP contribution < -0.4 is 0 Å². The van der Waals surface area contributed by atoms with Crippen LogP contribution >= 0.6 is 27.3 Å². The third-order valence-electron chi connectivity index (χ3n) is 2.00. The number of aliphatic hydroxyl groups excluding tert-OH is 1. The minimum Gasteiger partial charge on any atom is -0.469 e. The molecule has 0 fully saturated rings. The molecule has 2 aromatic rings. The molecule has 0 aromatic carbocycles. The van der Waals surface area contributed by atoms with Gasteiger partial charge in [0.1, 0.15) is 11.9 Å². The molecule has 1 unspecified atom stereocenters. The van der Waals surface area contributed by atoms with E-state index in [0.29, 0.717) is 0 Å². The van der Waals surface area contributed by atoms with Gasteiger partial charge in [-0.3, -0.25) is 0 Å². The molecule has 0 spiro atoms. The molecule has 4 heteroatoms. The number of aryl methyl sites for hydroxylation is 1. The molecule has 1 N–H and O–H groups in total. The maximum Gasteiger partial charge on any atom is 0.109 e. The van der Waals surface area contributed by atoms with Gasteiger partial charge in [0.05, 0.1) is 6.26 Å². The van der Waals surface area contributed by atoms with Crippen LogP contribution in [0.5, 0.6) is 0 Å². The fourth-order valence-electron chi connectivity index (χ4n) is 1.27. The summed E-state index contributed by atoms with van der Waals surface area (Å²) in [6.07, 6.45) is 0.984. The number of halogens is 1. The van der Waals surface area contributed by atoms with Gasteiger partial charge < -0.3 is 9.52 Å². The van der Waals surface area contributed by atoms with Crippen LogP contribution in [0.4, 0.5) is 0 Å². The zero-order valence-electron chi connectivity index (χ0n) is 7.53. The zero-order valence-corrected chi connectivity index (χ0v) is 9.93. The molecular formula is C10H9BrO2S. The Hall–Kier alpha value is -0.580. The molecule has 0 aliphatic carbocycles. The van der Waals surface area contributed by atoms with Gasteiger partial charge in [-0.15, -0.1) is 0 Å². The number of hydrogen-bond donors (Lipinski definition) is 1. The second kappa shape index (κ2) is 3.88. The van der Waals surface area contributed by atoms with E-state index < -0.39 is 6.10 Å². The Labute approximate surface area is 94.3 Å². The molecule has 2 heterocycles. The van der Waals surface area contributed by atoms with Gasteiger partial charge in [0.2, 0.25) is 0 Å². The topological polar surface area (TPSA) is 33.4 Å². The highest BCUT2D eigenvalue weighted by Gasteiger charge is 2.15. The fourth-order valence-corrected chi connectivity index (χ4v) is 2.81. The predicted octanol–water partition coefficient (Wildman–Crippen LogP) is 3.49. The van der Waals surface area contributed by atoms with Gasteiger partial charge in [0, 0.05) is 21.0 Å². The van der Waals surface area contributed by atoms with Crippen molar-refractivity contribution in [2.24, 2.45) is 0 Å². The van der Waals surface area contributed by atoms with E-state index in [1.807, 2.05) is 23.8 Å². The molecule has 1 atom stereocenters. The molecule has 14 heavy (non-hydrogen) atoms. The Morgan fingerprint density at radius 1 is 1.50 bits per heavy atom. The second-order valence-electron chi connectivity index (χ2n) is 3.07. The van der Waals surface area contributed by atoms with E-state index in [-0.39, 0.29) is 0 Å². The van der Waals surface area contributed by atoms with Gasteiger partial charge in [0.25, 0.3) is 0 Å². The van der Waals surface area contributed by atoms with Crippen molar-refractivity contribution in [1.29, 1.82) is 0 Å². The molecule has 0 bridgehead atoms. The van der Waals surface area contributed by atoms with Gasteiger partial charge in [-0.1, -0.05) is 0 Å². The molecule has 2 rings (SSSR count). The number of furan rings is 1. The van der Waals surface area contributed by atoms with Crippen molar-refractivity contribution in [2.75, 3.05) is 0 Å². The predicted molar refractivity (Wildman–Crippen MR) is 59.5 cm³/mol. The lowest BCUT2D eigenvalue weighted by Crippen LogP contribution is -1.96. The average molecular weight is 273 g/mol. The third kappa shape index (κ3) is 1.78. The molecule has 0 radical (unpaired) electrons. The molecule has 0 saturated carbocycles.